The van der Waals surface area contributed by atoms with Crippen LogP contribution in [0.4, 0.5) is 5.69 Å². The van der Waals surface area contributed by atoms with Gasteiger partial charge in [0, 0.05) is 22.2 Å². The van der Waals surface area contributed by atoms with E-state index < -0.39 is 22.5 Å². The summed E-state index contributed by atoms with van der Waals surface area (Å²) in [5, 5.41) is 12.2. The lowest BCUT2D eigenvalue weighted by atomic mass is 9.95. The van der Waals surface area contributed by atoms with Crippen molar-refractivity contribution in [1.82, 2.24) is 4.57 Å². The minimum absolute atomic E-state index is 0.122. The second-order valence-corrected chi connectivity index (χ2v) is 9.17. The predicted octanol–water partition coefficient (Wildman–Crippen LogP) is 4.01. The van der Waals surface area contributed by atoms with E-state index in [2.05, 4.69) is 4.99 Å². The molecule has 1 aliphatic heterocycles. The Kier molecular flexibility index (Phi) is 6.70. The third-order valence-electron chi connectivity index (χ3n) is 5.16. The maximum atomic E-state index is 13.5. The lowest BCUT2D eigenvalue weighted by molar-refractivity contribution is -0.384. The van der Waals surface area contributed by atoms with Crippen molar-refractivity contribution in [1.29, 1.82) is 0 Å². The van der Waals surface area contributed by atoms with Crippen molar-refractivity contribution in [2.45, 2.75) is 19.9 Å². The fraction of sp³-hybridized carbons (Fsp3) is 0.174. The largest absolute Gasteiger partial charge is 0.463 e. The van der Waals surface area contributed by atoms with Crippen molar-refractivity contribution in [2.24, 2.45) is 4.99 Å². The van der Waals surface area contributed by atoms with Gasteiger partial charge in [0.1, 0.15) is 0 Å². The summed E-state index contributed by atoms with van der Waals surface area (Å²) in [4.78, 5) is 42.1. The summed E-state index contributed by atoms with van der Waals surface area (Å²) < 4.78 is 6.91. The van der Waals surface area contributed by atoms with Gasteiger partial charge in [-0.25, -0.2) is 9.79 Å². The molecule has 1 aliphatic rings. The highest BCUT2D eigenvalue weighted by Crippen LogP contribution is 2.32. The van der Waals surface area contributed by atoms with Crippen LogP contribution >= 0.6 is 34.5 Å². The van der Waals surface area contributed by atoms with Gasteiger partial charge in [-0.15, -0.1) is 0 Å². The Labute approximate surface area is 207 Å². The first-order valence-corrected chi connectivity index (χ1v) is 11.7. The van der Waals surface area contributed by atoms with Crippen LogP contribution in [-0.2, 0) is 9.53 Å². The molecule has 4 rings (SSSR count). The number of nitrogens with zero attached hydrogens (tertiary/aromatic N) is 3. The van der Waals surface area contributed by atoms with E-state index in [-0.39, 0.29) is 17.9 Å². The third kappa shape index (κ3) is 4.42. The molecule has 0 bridgehead atoms. The molecular formula is C23H17Cl2N3O5S. The van der Waals surface area contributed by atoms with Gasteiger partial charge in [-0.1, -0.05) is 52.7 Å². The molecule has 0 spiro atoms. The first-order chi connectivity index (χ1) is 16.2. The minimum Gasteiger partial charge on any atom is -0.463 e. The summed E-state index contributed by atoms with van der Waals surface area (Å²) in [7, 11) is 0. The third-order valence-corrected chi connectivity index (χ3v) is 6.71. The van der Waals surface area contributed by atoms with E-state index in [0.29, 0.717) is 36.2 Å². The summed E-state index contributed by atoms with van der Waals surface area (Å²) >= 11 is 13.4. The van der Waals surface area contributed by atoms with Crippen molar-refractivity contribution in [3.8, 4) is 0 Å². The van der Waals surface area contributed by atoms with Gasteiger partial charge in [0.25, 0.3) is 11.2 Å². The number of nitro groups is 1. The summed E-state index contributed by atoms with van der Waals surface area (Å²) in [5.41, 5.74) is 0.914. The van der Waals surface area contributed by atoms with Crippen LogP contribution in [0.5, 0.6) is 0 Å². The van der Waals surface area contributed by atoms with Crippen molar-refractivity contribution >= 4 is 52.3 Å². The molecule has 1 atom stereocenters. The van der Waals surface area contributed by atoms with Crippen LogP contribution in [0.3, 0.4) is 0 Å². The van der Waals surface area contributed by atoms with Gasteiger partial charge in [-0.05, 0) is 43.2 Å². The van der Waals surface area contributed by atoms with Crippen molar-refractivity contribution in [2.75, 3.05) is 6.61 Å². The van der Waals surface area contributed by atoms with E-state index in [1.165, 1.54) is 22.8 Å². The van der Waals surface area contributed by atoms with Crippen molar-refractivity contribution < 1.29 is 14.5 Å². The number of ether oxygens (including phenoxy) is 1. The lowest BCUT2D eigenvalue weighted by Crippen LogP contribution is -2.40. The number of hydrogen-bond acceptors (Lipinski definition) is 7. The molecule has 0 N–H and O–H groups in total. The quantitative estimate of drug-likeness (QED) is 0.289. The summed E-state index contributed by atoms with van der Waals surface area (Å²) in [6.07, 6.45) is 1.62. The Morgan fingerprint density at radius 3 is 2.74 bits per heavy atom. The molecule has 2 aromatic carbocycles. The molecule has 3 aromatic rings. The number of non-ortho nitro benzene ring substituents is 1. The highest BCUT2D eigenvalue weighted by molar-refractivity contribution is 7.07. The van der Waals surface area contributed by atoms with Crippen LogP contribution < -0.4 is 14.9 Å². The Bertz CT molecular complexity index is 1540. The fourth-order valence-electron chi connectivity index (χ4n) is 3.68. The number of hydrogen-bond donors (Lipinski definition) is 0. The van der Waals surface area contributed by atoms with Crippen LogP contribution in [0.2, 0.25) is 10.0 Å². The molecule has 0 amide bonds. The SMILES string of the molecule is CCOC(=O)C1=C(C)N=c2s/c(=C\c3ccc(Cl)cc3Cl)c(=O)n2[C@@H]1c1cccc([N+](=O)[O-])c1. The van der Waals surface area contributed by atoms with E-state index in [0.717, 1.165) is 11.3 Å². The number of nitro benzene ring substituents is 1. The van der Waals surface area contributed by atoms with Crippen LogP contribution in [0.1, 0.15) is 31.0 Å². The molecule has 0 saturated carbocycles. The standard InChI is InChI=1S/C23H17Cl2N3O5S/c1-3-33-22(30)19-12(2)26-23-27(20(19)14-5-4-6-16(9-14)28(31)32)21(29)18(34-23)10-13-7-8-15(24)11-17(13)25/h4-11,20H,3H2,1-2H3/b18-10-/t20-/m1/s1. The molecule has 34 heavy (non-hydrogen) atoms. The highest BCUT2D eigenvalue weighted by Gasteiger charge is 2.34. The van der Waals surface area contributed by atoms with Gasteiger partial charge in [-0.3, -0.25) is 19.5 Å². The number of rotatable bonds is 5. The van der Waals surface area contributed by atoms with E-state index in [9.17, 15) is 19.7 Å². The number of fused-ring (bicyclic) bond motifs is 1. The highest BCUT2D eigenvalue weighted by atomic mass is 35.5. The number of aromatic nitrogens is 1. The van der Waals surface area contributed by atoms with Crippen molar-refractivity contribution in [3.63, 3.8) is 0 Å². The second kappa shape index (κ2) is 9.54. The number of halogens is 2. The zero-order valence-electron chi connectivity index (χ0n) is 18.0. The molecule has 0 radical (unpaired) electrons. The molecule has 0 unspecified atom stereocenters. The first kappa shape index (κ1) is 23.9. The minimum atomic E-state index is -0.946. The number of esters is 1. The lowest BCUT2D eigenvalue weighted by Gasteiger charge is -2.24. The normalized spacial score (nSPS) is 15.6. The molecule has 2 heterocycles. The van der Waals surface area contributed by atoms with Crippen LogP contribution in [0.25, 0.3) is 6.08 Å². The van der Waals surface area contributed by atoms with E-state index in [1.54, 1.807) is 44.2 Å². The van der Waals surface area contributed by atoms with Gasteiger partial charge < -0.3 is 4.74 Å². The number of benzene rings is 2. The van der Waals surface area contributed by atoms with Crippen molar-refractivity contribution in [3.05, 3.63) is 105 Å². The molecule has 0 fully saturated rings. The van der Waals surface area contributed by atoms with E-state index >= 15 is 0 Å². The van der Waals surface area contributed by atoms with E-state index in [4.69, 9.17) is 27.9 Å². The number of thiazole rings is 1. The molecule has 0 aliphatic carbocycles. The smallest absolute Gasteiger partial charge is 0.338 e. The van der Waals surface area contributed by atoms with Gasteiger partial charge >= 0.3 is 5.97 Å². The molecule has 1 aromatic heterocycles. The topological polar surface area (TPSA) is 104 Å². The maximum absolute atomic E-state index is 13.5. The number of carbonyl (C=O) groups excluding carboxylic acids is 1. The fourth-order valence-corrected chi connectivity index (χ4v) is 5.18. The van der Waals surface area contributed by atoms with Crippen LogP contribution in [0.15, 0.2) is 63.5 Å². The van der Waals surface area contributed by atoms with Crippen LogP contribution in [-0.4, -0.2) is 22.1 Å². The van der Waals surface area contributed by atoms with Gasteiger partial charge in [0.2, 0.25) is 0 Å². The molecule has 174 valence electrons. The molecule has 11 heteroatoms. The molecule has 8 nitrogen and oxygen atoms in total. The average Bonchev–Trinajstić information content (AvgIpc) is 3.09. The first-order valence-electron chi connectivity index (χ1n) is 10.1. The summed E-state index contributed by atoms with van der Waals surface area (Å²) in [6, 6.07) is 9.80. The van der Waals surface area contributed by atoms with Gasteiger partial charge in [-0.2, -0.15) is 0 Å². The zero-order chi connectivity index (χ0) is 24.6. The Hall–Kier alpha value is -3.27. The average molecular weight is 518 g/mol. The molecular weight excluding hydrogens is 501 g/mol. The summed E-state index contributed by atoms with van der Waals surface area (Å²) in [6.45, 7) is 3.43. The maximum Gasteiger partial charge on any atom is 0.338 e. The Morgan fingerprint density at radius 1 is 1.29 bits per heavy atom. The zero-order valence-corrected chi connectivity index (χ0v) is 20.3. The van der Waals surface area contributed by atoms with Gasteiger partial charge in [0.15, 0.2) is 4.80 Å². The van der Waals surface area contributed by atoms with E-state index in [1.807, 2.05) is 0 Å². The molecule has 0 saturated heterocycles. The monoisotopic (exact) mass is 517 g/mol. The summed E-state index contributed by atoms with van der Waals surface area (Å²) in [5.74, 6) is -0.643. The second-order valence-electron chi connectivity index (χ2n) is 7.32. The van der Waals surface area contributed by atoms with Crippen LogP contribution in [0, 0.1) is 10.1 Å². The predicted molar refractivity (Wildman–Crippen MR) is 130 cm³/mol. The Morgan fingerprint density at radius 2 is 2.06 bits per heavy atom. The van der Waals surface area contributed by atoms with Gasteiger partial charge in [0.05, 0.1) is 33.4 Å². The number of carbonyl (C=O) groups is 1. The number of allylic oxidation sites excluding steroid dienone is 1. The Balaban J connectivity index is 1.98.